The molecule has 1 aliphatic heterocycles. The van der Waals surface area contributed by atoms with Gasteiger partial charge in [0.1, 0.15) is 0 Å². The van der Waals surface area contributed by atoms with Gasteiger partial charge >= 0.3 is 11.9 Å². The molecule has 0 aromatic carbocycles. The van der Waals surface area contributed by atoms with Crippen molar-refractivity contribution in [3.8, 4) is 11.5 Å². The van der Waals surface area contributed by atoms with Crippen molar-refractivity contribution >= 4 is 11.9 Å². The molecule has 1 aromatic rings. The average molecular weight is 228 g/mol. The van der Waals surface area contributed by atoms with Crippen LogP contribution in [0.4, 0.5) is 0 Å². The number of hydrogen-bond acceptors (Lipinski definition) is 5. The van der Waals surface area contributed by atoms with Crippen molar-refractivity contribution in [1.29, 1.82) is 0 Å². The van der Waals surface area contributed by atoms with Gasteiger partial charge in [0.2, 0.25) is 17.8 Å². The summed E-state index contributed by atoms with van der Waals surface area (Å²) in [6, 6.07) is 0. The summed E-state index contributed by atoms with van der Waals surface area (Å²) in [5.41, 5.74) is 0. The minimum Gasteiger partial charge on any atom is -0.475 e. The fourth-order valence-corrected chi connectivity index (χ4v) is 1.35. The molecular weight excluding hydrogens is 220 g/mol. The predicted octanol–water partition coefficient (Wildman–Crippen LogP) is 1.18. The number of carboxylic acid groups (broad SMARTS) is 2. The fourth-order valence-electron chi connectivity index (χ4n) is 1.35. The van der Waals surface area contributed by atoms with Crippen LogP contribution in [0.25, 0.3) is 0 Å². The normalized spacial score (nSPS) is 14.1. The number of aromatic carboxylic acids is 2. The molecule has 1 aliphatic rings. The Labute approximate surface area is 89.2 Å². The first-order valence-corrected chi connectivity index (χ1v) is 4.51. The molecule has 7 heteroatoms. The van der Waals surface area contributed by atoms with Crippen LogP contribution in [-0.2, 0) is 0 Å². The number of hydrogen-bond donors (Lipinski definition) is 2. The molecule has 0 amide bonds. The van der Waals surface area contributed by atoms with Crippen LogP contribution in [0.5, 0.6) is 11.5 Å². The van der Waals surface area contributed by atoms with Crippen LogP contribution in [0.15, 0.2) is 4.42 Å². The van der Waals surface area contributed by atoms with Gasteiger partial charge < -0.3 is 24.1 Å². The van der Waals surface area contributed by atoms with Gasteiger partial charge in [0, 0.05) is 6.42 Å². The number of fused-ring (bicyclic) bond motifs is 1. The highest BCUT2D eigenvalue weighted by atomic mass is 16.7. The smallest absolute Gasteiger partial charge is 0.375 e. The molecule has 0 fully saturated rings. The lowest BCUT2D eigenvalue weighted by molar-refractivity contribution is 0.0357. The van der Waals surface area contributed by atoms with Crippen molar-refractivity contribution in [3.05, 3.63) is 11.5 Å². The third kappa shape index (κ3) is 1.37. The van der Waals surface area contributed by atoms with Crippen molar-refractivity contribution in [1.82, 2.24) is 0 Å². The summed E-state index contributed by atoms with van der Waals surface area (Å²) in [5.74, 6) is -4.21. The number of furan rings is 1. The minimum absolute atomic E-state index is 0.156. The molecule has 0 spiro atoms. The molecule has 0 unspecified atom stereocenters. The van der Waals surface area contributed by atoms with E-state index in [1.807, 2.05) is 0 Å². The maximum Gasteiger partial charge on any atom is 0.375 e. The summed E-state index contributed by atoms with van der Waals surface area (Å²) in [7, 11) is 0. The summed E-state index contributed by atoms with van der Waals surface area (Å²) in [6.07, 6.45) is -0.204. The van der Waals surface area contributed by atoms with Gasteiger partial charge in [0.15, 0.2) is 0 Å². The summed E-state index contributed by atoms with van der Waals surface area (Å²) in [5, 5.41) is 17.6. The Morgan fingerprint density at radius 3 is 1.88 bits per heavy atom. The van der Waals surface area contributed by atoms with Gasteiger partial charge in [0.25, 0.3) is 11.5 Å². The quantitative estimate of drug-likeness (QED) is 0.799. The Morgan fingerprint density at radius 2 is 1.56 bits per heavy atom. The number of carboxylic acids is 2. The van der Waals surface area contributed by atoms with Gasteiger partial charge in [-0.3, -0.25) is 0 Å². The molecule has 7 nitrogen and oxygen atoms in total. The lowest BCUT2D eigenvalue weighted by atomic mass is 10.3. The Morgan fingerprint density at radius 1 is 1.12 bits per heavy atom. The van der Waals surface area contributed by atoms with Crippen LogP contribution in [-0.4, -0.2) is 28.4 Å². The third-order valence-electron chi connectivity index (χ3n) is 2.04. The van der Waals surface area contributed by atoms with E-state index in [1.165, 1.54) is 0 Å². The zero-order valence-corrected chi connectivity index (χ0v) is 8.22. The first kappa shape index (κ1) is 10.3. The molecule has 0 radical (unpaired) electrons. The van der Waals surface area contributed by atoms with Gasteiger partial charge in [-0.25, -0.2) is 9.59 Å². The maximum absolute atomic E-state index is 10.8. The zero-order chi connectivity index (χ0) is 11.9. The van der Waals surface area contributed by atoms with Gasteiger partial charge in [-0.05, 0) is 0 Å². The molecule has 0 atom stereocenters. The van der Waals surface area contributed by atoms with Gasteiger partial charge in [0.05, 0.1) is 0 Å². The molecule has 86 valence electrons. The molecule has 0 saturated heterocycles. The van der Waals surface area contributed by atoms with E-state index in [2.05, 4.69) is 4.42 Å². The van der Waals surface area contributed by atoms with Crippen LogP contribution in [0.2, 0.25) is 0 Å². The van der Waals surface area contributed by atoms with E-state index < -0.39 is 29.7 Å². The third-order valence-corrected chi connectivity index (χ3v) is 2.04. The number of ether oxygens (including phenoxy) is 2. The average Bonchev–Trinajstić information content (AvgIpc) is 2.72. The Balaban J connectivity index is 2.50. The lowest BCUT2D eigenvalue weighted by Gasteiger charge is -2.07. The van der Waals surface area contributed by atoms with Gasteiger partial charge in [-0.15, -0.1) is 0 Å². The maximum atomic E-state index is 10.8. The second-order valence-electron chi connectivity index (χ2n) is 3.10. The predicted molar refractivity (Wildman–Crippen MR) is 48.0 cm³/mol. The molecule has 16 heavy (non-hydrogen) atoms. The highest BCUT2D eigenvalue weighted by Gasteiger charge is 2.38. The summed E-state index contributed by atoms with van der Waals surface area (Å²) >= 11 is 0. The summed E-state index contributed by atoms with van der Waals surface area (Å²) < 4.78 is 14.9. The van der Waals surface area contributed by atoms with E-state index >= 15 is 0 Å². The molecule has 0 bridgehead atoms. The largest absolute Gasteiger partial charge is 0.475 e. The monoisotopic (exact) mass is 228 g/mol. The highest BCUT2D eigenvalue weighted by Crippen LogP contribution is 2.44. The van der Waals surface area contributed by atoms with Crippen molar-refractivity contribution in [2.75, 3.05) is 0 Å². The van der Waals surface area contributed by atoms with Crippen molar-refractivity contribution in [3.63, 3.8) is 0 Å². The van der Waals surface area contributed by atoms with Crippen molar-refractivity contribution in [2.24, 2.45) is 0 Å². The standard InChI is InChI=1S/C9H8O7/c1-2-3-14-4-5(15-3)7(9(12)13)16-6(4)8(10)11/h3H,2H2,1H3,(H,10,11)(H,12,13). The number of rotatable bonds is 3. The molecular formula is C9H8O7. The van der Waals surface area contributed by atoms with E-state index in [0.717, 1.165) is 0 Å². The van der Waals surface area contributed by atoms with Crippen LogP contribution < -0.4 is 9.47 Å². The minimum atomic E-state index is -1.40. The topological polar surface area (TPSA) is 106 Å². The molecule has 0 aliphatic carbocycles. The Kier molecular flexibility index (Phi) is 2.22. The van der Waals surface area contributed by atoms with E-state index in [4.69, 9.17) is 19.7 Å². The summed E-state index contributed by atoms with van der Waals surface area (Å²) in [4.78, 5) is 21.5. The Hall–Kier alpha value is -2.18. The second-order valence-corrected chi connectivity index (χ2v) is 3.10. The summed E-state index contributed by atoms with van der Waals surface area (Å²) in [6.45, 7) is 1.76. The van der Waals surface area contributed by atoms with E-state index in [-0.39, 0.29) is 11.5 Å². The first-order valence-electron chi connectivity index (χ1n) is 4.51. The first-order chi connectivity index (χ1) is 7.54. The van der Waals surface area contributed by atoms with Gasteiger partial charge in [-0.1, -0.05) is 6.92 Å². The zero-order valence-electron chi connectivity index (χ0n) is 8.22. The highest BCUT2D eigenvalue weighted by molar-refractivity contribution is 5.95. The molecule has 2 N–H and O–H groups in total. The van der Waals surface area contributed by atoms with E-state index in [9.17, 15) is 9.59 Å². The second kappa shape index (κ2) is 3.44. The van der Waals surface area contributed by atoms with Gasteiger partial charge in [-0.2, -0.15) is 0 Å². The molecule has 2 heterocycles. The lowest BCUT2D eigenvalue weighted by Crippen LogP contribution is -2.17. The van der Waals surface area contributed by atoms with Crippen LogP contribution in [0, 0.1) is 0 Å². The van der Waals surface area contributed by atoms with Crippen LogP contribution in [0.1, 0.15) is 34.5 Å². The van der Waals surface area contributed by atoms with Crippen LogP contribution >= 0.6 is 0 Å². The number of carbonyl (C=O) groups is 2. The molecule has 2 rings (SSSR count). The Bertz CT molecular complexity index is 420. The van der Waals surface area contributed by atoms with Crippen molar-refractivity contribution < 1.29 is 33.7 Å². The fraction of sp³-hybridized carbons (Fsp3) is 0.333. The molecule has 0 saturated carbocycles. The van der Waals surface area contributed by atoms with E-state index in [0.29, 0.717) is 6.42 Å². The van der Waals surface area contributed by atoms with E-state index in [1.54, 1.807) is 6.92 Å². The SMILES string of the molecule is CCC1Oc2c(C(=O)O)oc(C(=O)O)c2O1. The molecule has 1 aromatic heterocycles. The van der Waals surface area contributed by atoms with Crippen molar-refractivity contribution in [2.45, 2.75) is 19.6 Å². The van der Waals surface area contributed by atoms with Crippen LogP contribution in [0.3, 0.4) is 0 Å².